The minimum atomic E-state index is -0.776. The molecule has 1 aliphatic heterocycles. The molecule has 12 nitrogen and oxygen atoms in total. The zero-order valence-corrected chi connectivity index (χ0v) is 26.8. The number of nitrogens with zero attached hydrogens (tertiary/aromatic N) is 2. The van der Waals surface area contributed by atoms with Gasteiger partial charge in [-0.3, -0.25) is 4.79 Å². The molecule has 0 bridgehead atoms. The Bertz CT molecular complexity index is 1700. The van der Waals surface area contributed by atoms with Gasteiger partial charge < -0.3 is 29.6 Å². The molecule has 1 aliphatic rings. The first-order valence-corrected chi connectivity index (χ1v) is 14.8. The SMILES string of the molecule is CCOC(=O)C1=C(C)NC(=O)N[C@H]1c1ccc(OCC(=O)N/N=C\c2ccc(OCc3ccccc3C#N)c(I)c2)c(OC)c1. The summed E-state index contributed by atoms with van der Waals surface area (Å²) in [6.07, 6.45) is 1.49. The second-order valence-electron chi connectivity index (χ2n) is 9.53. The van der Waals surface area contributed by atoms with E-state index in [1.165, 1.54) is 13.3 Å². The van der Waals surface area contributed by atoms with Crippen LogP contribution < -0.4 is 30.3 Å². The molecule has 3 N–H and O–H groups in total. The van der Waals surface area contributed by atoms with Gasteiger partial charge in [-0.2, -0.15) is 10.4 Å². The second kappa shape index (κ2) is 15.6. The van der Waals surface area contributed by atoms with Crippen LogP contribution in [-0.4, -0.2) is 44.4 Å². The maximum atomic E-state index is 12.6. The number of hydrogen-bond acceptors (Lipinski definition) is 9. The number of benzene rings is 3. The molecule has 0 unspecified atom stereocenters. The highest BCUT2D eigenvalue weighted by Gasteiger charge is 2.32. The average molecular weight is 724 g/mol. The summed E-state index contributed by atoms with van der Waals surface area (Å²) in [6, 6.07) is 18.5. The second-order valence-corrected chi connectivity index (χ2v) is 10.7. The maximum absolute atomic E-state index is 12.6. The lowest BCUT2D eigenvalue weighted by atomic mass is 9.95. The highest BCUT2D eigenvalue weighted by atomic mass is 127. The summed E-state index contributed by atoms with van der Waals surface area (Å²) >= 11 is 2.14. The Morgan fingerprint density at radius 3 is 2.60 bits per heavy atom. The fraction of sp³-hybridized carbons (Fsp3) is 0.219. The van der Waals surface area contributed by atoms with E-state index in [2.05, 4.69) is 49.8 Å². The standard InChI is InChI=1S/C32H30IN5O7/c1-4-43-31(40)29-19(2)36-32(41)37-30(29)21-10-12-26(27(14-21)42-3)45-18-28(39)38-35-16-20-9-11-25(24(33)13-20)44-17-23-8-6-5-7-22(23)15-34/h5-14,16,30H,4,17-18H2,1-3H3,(H,38,39)(H2,36,37,41)/b35-16-/t30-/m0/s1. The van der Waals surface area contributed by atoms with Gasteiger partial charge in [-0.25, -0.2) is 15.0 Å². The van der Waals surface area contributed by atoms with E-state index >= 15 is 0 Å². The summed E-state index contributed by atoms with van der Waals surface area (Å²) < 4.78 is 23.0. The Kier molecular flexibility index (Phi) is 11.4. The Morgan fingerprint density at radius 1 is 1.09 bits per heavy atom. The van der Waals surface area contributed by atoms with Crippen molar-refractivity contribution in [2.24, 2.45) is 5.10 Å². The van der Waals surface area contributed by atoms with Crippen molar-refractivity contribution in [1.29, 1.82) is 5.26 Å². The number of hydrogen-bond donors (Lipinski definition) is 3. The molecule has 13 heteroatoms. The van der Waals surface area contributed by atoms with Crippen molar-refractivity contribution in [3.8, 4) is 23.3 Å². The number of rotatable bonds is 12. The molecule has 1 heterocycles. The van der Waals surface area contributed by atoms with E-state index in [1.54, 1.807) is 56.3 Å². The van der Waals surface area contributed by atoms with Gasteiger partial charge in [0.2, 0.25) is 0 Å². The fourth-order valence-electron chi connectivity index (χ4n) is 4.39. The number of halogens is 1. The molecular weight excluding hydrogens is 693 g/mol. The first-order valence-electron chi connectivity index (χ1n) is 13.7. The zero-order chi connectivity index (χ0) is 32.3. The zero-order valence-electron chi connectivity index (χ0n) is 24.7. The molecule has 3 aromatic rings. The molecule has 1 atom stereocenters. The van der Waals surface area contributed by atoms with Gasteiger partial charge in [0.25, 0.3) is 5.91 Å². The van der Waals surface area contributed by atoms with E-state index in [0.717, 1.165) is 14.7 Å². The van der Waals surface area contributed by atoms with Crippen LogP contribution in [0, 0.1) is 14.9 Å². The highest BCUT2D eigenvalue weighted by molar-refractivity contribution is 14.1. The van der Waals surface area contributed by atoms with Gasteiger partial charge in [0, 0.05) is 11.3 Å². The number of amides is 3. The Morgan fingerprint density at radius 2 is 1.87 bits per heavy atom. The molecule has 3 aromatic carbocycles. The van der Waals surface area contributed by atoms with Crippen molar-refractivity contribution in [2.75, 3.05) is 20.3 Å². The lowest BCUT2D eigenvalue weighted by Crippen LogP contribution is -2.45. The number of esters is 1. The third-order valence-electron chi connectivity index (χ3n) is 6.52. The molecule has 0 fully saturated rings. The summed E-state index contributed by atoms with van der Waals surface area (Å²) in [5, 5.41) is 18.6. The van der Waals surface area contributed by atoms with Crippen molar-refractivity contribution < 1.29 is 33.3 Å². The number of nitrogens with one attached hydrogen (secondary N) is 3. The molecule has 0 saturated heterocycles. The van der Waals surface area contributed by atoms with Crippen LogP contribution in [0.15, 0.2) is 77.0 Å². The third-order valence-corrected chi connectivity index (χ3v) is 7.37. The number of carbonyl (C=O) groups excluding carboxylic acids is 3. The van der Waals surface area contributed by atoms with Crippen LogP contribution in [-0.2, 0) is 20.9 Å². The molecule has 3 amide bonds. The quantitative estimate of drug-likeness (QED) is 0.107. The molecule has 0 aliphatic carbocycles. The number of nitriles is 1. The molecular formula is C32H30IN5O7. The lowest BCUT2D eigenvalue weighted by molar-refractivity contribution is -0.139. The van der Waals surface area contributed by atoms with Crippen LogP contribution in [0.5, 0.6) is 17.2 Å². The summed E-state index contributed by atoms with van der Waals surface area (Å²) in [5.41, 5.74) is 5.73. The molecule has 232 valence electrons. The van der Waals surface area contributed by atoms with Crippen molar-refractivity contribution in [3.63, 3.8) is 0 Å². The highest BCUT2D eigenvalue weighted by Crippen LogP contribution is 2.34. The predicted octanol–water partition coefficient (Wildman–Crippen LogP) is 4.47. The van der Waals surface area contributed by atoms with Gasteiger partial charge >= 0.3 is 12.0 Å². The van der Waals surface area contributed by atoms with Crippen molar-refractivity contribution in [1.82, 2.24) is 16.1 Å². The Balaban J connectivity index is 1.34. The smallest absolute Gasteiger partial charge is 0.338 e. The molecule has 0 saturated carbocycles. The summed E-state index contributed by atoms with van der Waals surface area (Å²) in [5.74, 6) is 0.175. The fourth-order valence-corrected chi connectivity index (χ4v) is 5.08. The molecule has 4 rings (SSSR count). The van der Waals surface area contributed by atoms with Crippen molar-refractivity contribution in [3.05, 3.63) is 97.8 Å². The topological polar surface area (TPSA) is 160 Å². The van der Waals surface area contributed by atoms with Gasteiger partial charge in [-0.15, -0.1) is 0 Å². The predicted molar refractivity (Wildman–Crippen MR) is 173 cm³/mol. The van der Waals surface area contributed by atoms with E-state index in [1.807, 2.05) is 18.2 Å². The number of urea groups is 1. The van der Waals surface area contributed by atoms with E-state index in [9.17, 15) is 19.6 Å². The van der Waals surface area contributed by atoms with E-state index in [4.69, 9.17) is 18.9 Å². The van der Waals surface area contributed by atoms with Gasteiger partial charge in [0.05, 0.1) is 46.7 Å². The van der Waals surface area contributed by atoms with Crippen LogP contribution in [0.25, 0.3) is 0 Å². The number of allylic oxidation sites excluding steroid dienone is 1. The van der Waals surface area contributed by atoms with Gasteiger partial charge in [0.1, 0.15) is 12.4 Å². The van der Waals surface area contributed by atoms with Crippen LogP contribution in [0.4, 0.5) is 4.79 Å². The van der Waals surface area contributed by atoms with Gasteiger partial charge in [0.15, 0.2) is 18.1 Å². The third kappa shape index (κ3) is 8.51. The average Bonchev–Trinajstić information content (AvgIpc) is 3.03. The summed E-state index contributed by atoms with van der Waals surface area (Å²) in [7, 11) is 1.44. The van der Waals surface area contributed by atoms with Crippen molar-refractivity contribution >= 4 is 46.7 Å². The minimum Gasteiger partial charge on any atom is -0.493 e. The minimum absolute atomic E-state index is 0.180. The van der Waals surface area contributed by atoms with Crippen LogP contribution in [0.3, 0.4) is 0 Å². The van der Waals surface area contributed by atoms with E-state index < -0.39 is 23.9 Å². The van der Waals surface area contributed by atoms with Crippen LogP contribution in [0.1, 0.15) is 42.1 Å². The maximum Gasteiger partial charge on any atom is 0.338 e. The largest absolute Gasteiger partial charge is 0.493 e. The molecule has 45 heavy (non-hydrogen) atoms. The van der Waals surface area contributed by atoms with Crippen LogP contribution >= 0.6 is 22.6 Å². The number of methoxy groups -OCH3 is 1. The van der Waals surface area contributed by atoms with E-state index in [0.29, 0.717) is 28.3 Å². The van der Waals surface area contributed by atoms with Gasteiger partial charge in [-0.1, -0.05) is 24.3 Å². The van der Waals surface area contributed by atoms with Crippen LogP contribution in [0.2, 0.25) is 0 Å². The van der Waals surface area contributed by atoms with E-state index in [-0.39, 0.29) is 31.1 Å². The lowest BCUT2D eigenvalue weighted by Gasteiger charge is -2.28. The first kappa shape index (κ1) is 32.8. The molecule has 0 radical (unpaired) electrons. The summed E-state index contributed by atoms with van der Waals surface area (Å²) in [6.45, 7) is 3.41. The number of ether oxygens (including phenoxy) is 4. The van der Waals surface area contributed by atoms with Crippen molar-refractivity contribution in [2.45, 2.75) is 26.5 Å². The normalized spacial score (nSPS) is 14.2. The monoisotopic (exact) mass is 723 g/mol. The Hall–Kier alpha value is -5.10. The molecule has 0 spiro atoms. The number of hydrazone groups is 1. The molecule has 0 aromatic heterocycles. The summed E-state index contributed by atoms with van der Waals surface area (Å²) in [4.78, 5) is 37.2. The Labute approximate surface area is 273 Å². The first-order chi connectivity index (χ1) is 21.7. The van der Waals surface area contributed by atoms with Gasteiger partial charge in [-0.05, 0) is 84.0 Å². The number of carbonyl (C=O) groups is 3.